The number of nitrogens with two attached hydrogens (primary N) is 1. The van der Waals surface area contributed by atoms with E-state index in [2.05, 4.69) is 16.0 Å². The van der Waals surface area contributed by atoms with Gasteiger partial charge in [0.25, 0.3) is 0 Å². The SMILES string of the molecule is CC(C)C(NC(=O)C(CCC(=O)O)NC(=O)C(Cc1ccccc1)NC(=O)C(N)Cc1ccc(O)cc1)C(=O)O. The highest BCUT2D eigenvalue weighted by molar-refractivity contribution is 5.94. The molecule has 8 N–H and O–H groups in total. The van der Waals surface area contributed by atoms with Gasteiger partial charge in [-0.15, -0.1) is 0 Å². The van der Waals surface area contributed by atoms with Crippen LogP contribution in [0.1, 0.15) is 37.8 Å². The summed E-state index contributed by atoms with van der Waals surface area (Å²) in [6.07, 6.45) is -0.600. The molecule has 0 aliphatic carbocycles. The van der Waals surface area contributed by atoms with Gasteiger partial charge in [0.2, 0.25) is 17.7 Å². The van der Waals surface area contributed by atoms with E-state index < -0.39 is 66.2 Å². The molecule has 12 heteroatoms. The second kappa shape index (κ2) is 15.2. The molecule has 0 aromatic heterocycles. The molecule has 40 heavy (non-hydrogen) atoms. The van der Waals surface area contributed by atoms with Crippen molar-refractivity contribution >= 4 is 29.7 Å². The van der Waals surface area contributed by atoms with Crippen LogP contribution in [0.15, 0.2) is 54.6 Å². The summed E-state index contributed by atoms with van der Waals surface area (Å²) in [6.45, 7) is 3.19. The average Bonchev–Trinajstić information content (AvgIpc) is 2.90. The van der Waals surface area contributed by atoms with Gasteiger partial charge in [-0.25, -0.2) is 4.79 Å². The highest BCUT2D eigenvalue weighted by Gasteiger charge is 2.31. The summed E-state index contributed by atoms with van der Waals surface area (Å²) in [6, 6.07) is 10.1. The van der Waals surface area contributed by atoms with E-state index in [-0.39, 0.29) is 25.0 Å². The van der Waals surface area contributed by atoms with Crippen LogP contribution in [-0.4, -0.2) is 69.1 Å². The molecule has 0 spiro atoms. The second-order valence-corrected chi connectivity index (χ2v) is 9.79. The highest BCUT2D eigenvalue weighted by atomic mass is 16.4. The van der Waals surface area contributed by atoms with E-state index in [0.717, 1.165) is 0 Å². The first-order chi connectivity index (χ1) is 18.9. The number of carbonyl (C=O) groups is 5. The number of hydrogen-bond acceptors (Lipinski definition) is 7. The summed E-state index contributed by atoms with van der Waals surface area (Å²) in [5, 5.41) is 35.5. The normalized spacial score (nSPS) is 13.9. The molecule has 0 aliphatic rings. The van der Waals surface area contributed by atoms with Crippen molar-refractivity contribution in [3.8, 4) is 5.75 Å². The maximum atomic E-state index is 13.4. The minimum atomic E-state index is -1.37. The smallest absolute Gasteiger partial charge is 0.326 e. The van der Waals surface area contributed by atoms with Crippen LogP contribution >= 0.6 is 0 Å². The lowest BCUT2D eigenvalue weighted by molar-refractivity contribution is -0.144. The minimum absolute atomic E-state index is 0.0430. The summed E-state index contributed by atoms with van der Waals surface area (Å²) < 4.78 is 0. The average molecular weight is 557 g/mol. The van der Waals surface area contributed by atoms with Crippen LogP contribution in [0.2, 0.25) is 0 Å². The zero-order valence-electron chi connectivity index (χ0n) is 22.4. The summed E-state index contributed by atoms with van der Waals surface area (Å²) in [4.78, 5) is 62.0. The largest absolute Gasteiger partial charge is 0.508 e. The van der Waals surface area contributed by atoms with Gasteiger partial charge in [0, 0.05) is 12.8 Å². The Morgan fingerprint density at radius 2 is 1.30 bits per heavy atom. The minimum Gasteiger partial charge on any atom is -0.508 e. The molecule has 4 atom stereocenters. The lowest BCUT2D eigenvalue weighted by Crippen LogP contribution is -2.58. The lowest BCUT2D eigenvalue weighted by Gasteiger charge is -2.26. The summed E-state index contributed by atoms with van der Waals surface area (Å²) in [5.41, 5.74) is 7.47. The van der Waals surface area contributed by atoms with Gasteiger partial charge < -0.3 is 37.0 Å². The second-order valence-electron chi connectivity index (χ2n) is 9.79. The molecule has 2 rings (SSSR count). The summed E-state index contributed by atoms with van der Waals surface area (Å²) in [5.74, 6) is -5.16. The Morgan fingerprint density at radius 1 is 0.750 bits per heavy atom. The molecule has 0 radical (unpaired) electrons. The number of aromatic hydroxyl groups is 1. The fraction of sp³-hybridized carbons (Fsp3) is 0.393. The molecule has 2 aromatic rings. The van der Waals surface area contributed by atoms with Gasteiger partial charge in [0.05, 0.1) is 6.04 Å². The molecule has 0 heterocycles. The Morgan fingerprint density at radius 3 is 1.85 bits per heavy atom. The van der Waals surface area contributed by atoms with Crippen LogP contribution in [0, 0.1) is 5.92 Å². The zero-order valence-corrected chi connectivity index (χ0v) is 22.4. The maximum Gasteiger partial charge on any atom is 0.326 e. The molecule has 3 amide bonds. The lowest BCUT2D eigenvalue weighted by atomic mass is 10.0. The molecule has 4 unspecified atom stereocenters. The zero-order chi connectivity index (χ0) is 29.8. The Hall–Kier alpha value is -4.45. The molecule has 0 aliphatic heterocycles. The molecular formula is C28H36N4O8. The third-order valence-electron chi connectivity index (χ3n) is 6.15. The molecule has 12 nitrogen and oxygen atoms in total. The summed E-state index contributed by atoms with van der Waals surface area (Å²) in [7, 11) is 0. The van der Waals surface area contributed by atoms with Crippen LogP contribution in [0.5, 0.6) is 5.75 Å². The number of rotatable bonds is 15. The van der Waals surface area contributed by atoms with Crippen LogP contribution in [0.25, 0.3) is 0 Å². The van der Waals surface area contributed by atoms with Gasteiger partial charge >= 0.3 is 11.9 Å². The number of nitrogens with one attached hydrogen (secondary N) is 3. The van der Waals surface area contributed by atoms with Crippen molar-refractivity contribution < 1.29 is 39.3 Å². The van der Waals surface area contributed by atoms with Crippen molar-refractivity contribution in [1.29, 1.82) is 0 Å². The summed E-state index contributed by atoms with van der Waals surface area (Å²) >= 11 is 0. The van der Waals surface area contributed by atoms with Gasteiger partial charge in [-0.1, -0.05) is 56.3 Å². The quantitative estimate of drug-likeness (QED) is 0.163. The topological polar surface area (TPSA) is 208 Å². The predicted octanol–water partition coefficient (Wildman–Crippen LogP) is 0.565. The Labute approximate surface area is 232 Å². The van der Waals surface area contributed by atoms with Crippen LogP contribution in [-0.2, 0) is 36.8 Å². The third kappa shape index (κ3) is 10.4. The fourth-order valence-electron chi connectivity index (χ4n) is 3.89. The standard InChI is InChI=1S/C28H36N4O8/c1-16(2)24(28(39)40)32-26(37)21(12-13-23(34)35)30-27(38)22(15-17-6-4-3-5-7-17)31-25(36)20(29)14-18-8-10-19(33)11-9-18/h3-11,16,20-22,24,33H,12-15,29H2,1-2H3,(H,30,38)(H,31,36)(H,32,37)(H,34,35)(H,39,40). The van der Waals surface area contributed by atoms with Crippen molar-refractivity contribution in [2.24, 2.45) is 11.7 Å². The van der Waals surface area contributed by atoms with Crippen molar-refractivity contribution in [1.82, 2.24) is 16.0 Å². The van der Waals surface area contributed by atoms with Gasteiger partial charge in [-0.3, -0.25) is 19.2 Å². The van der Waals surface area contributed by atoms with Gasteiger partial charge in [0.15, 0.2) is 0 Å². The van der Waals surface area contributed by atoms with E-state index in [1.54, 1.807) is 56.3 Å². The van der Waals surface area contributed by atoms with E-state index in [1.807, 2.05) is 0 Å². The van der Waals surface area contributed by atoms with Crippen LogP contribution in [0.3, 0.4) is 0 Å². The molecule has 0 bridgehead atoms. The first kappa shape index (κ1) is 31.8. The molecule has 0 saturated carbocycles. The Kier molecular flexibility index (Phi) is 12.1. The number of phenolic OH excluding ortho intramolecular Hbond substituents is 1. The number of carboxylic acid groups (broad SMARTS) is 2. The number of phenols is 1. The van der Waals surface area contributed by atoms with Gasteiger partial charge in [-0.05, 0) is 42.0 Å². The highest BCUT2D eigenvalue weighted by Crippen LogP contribution is 2.12. The molecule has 2 aromatic carbocycles. The number of benzene rings is 2. The molecule has 216 valence electrons. The number of carboxylic acids is 2. The molecule has 0 fully saturated rings. The van der Waals surface area contributed by atoms with Crippen molar-refractivity contribution in [2.75, 3.05) is 0 Å². The van der Waals surface area contributed by atoms with E-state index in [1.165, 1.54) is 12.1 Å². The number of hydrogen-bond donors (Lipinski definition) is 7. The third-order valence-corrected chi connectivity index (χ3v) is 6.15. The van der Waals surface area contributed by atoms with Crippen LogP contribution < -0.4 is 21.7 Å². The Balaban J connectivity index is 2.23. The maximum absolute atomic E-state index is 13.4. The van der Waals surface area contributed by atoms with E-state index in [4.69, 9.17) is 10.8 Å². The molecular weight excluding hydrogens is 520 g/mol. The number of aliphatic carboxylic acids is 2. The fourth-order valence-corrected chi connectivity index (χ4v) is 3.89. The van der Waals surface area contributed by atoms with Crippen LogP contribution in [0.4, 0.5) is 0 Å². The monoisotopic (exact) mass is 556 g/mol. The Bertz CT molecular complexity index is 1170. The van der Waals surface area contributed by atoms with Crippen molar-refractivity contribution in [3.63, 3.8) is 0 Å². The predicted molar refractivity (Wildman–Crippen MR) is 145 cm³/mol. The van der Waals surface area contributed by atoms with E-state index in [9.17, 15) is 34.2 Å². The number of carbonyl (C=O) groups excluding carboxylic acids is 3. The first-order valence-electron chi connectivity index (χ1n) is 12.8. The van der Waals surface area contributed by atoms with Crippen molar-refractivity contribution in [3.05, 3.63) is 65.7 Å². The number of amides is 3. The van der Waals surface area contributed by atoms with Gasteiger partial charge in [-0.2, -0.15) is 0 Å². The van der Waals surface area contributed by atoms with E-state index in [0.29, 0.717) is 11.1 Å². The van der Waals surface area contributed by atoms with E-state index >= 15 is 0 Å². The molecule has 0 saturated heterocycles. The first-order valence-corrected chi connectivity index (χ1v) is 12.8. The van der Waals surface area contributed by atoms with Gasteiger partial charge in [0.1, 0.15) is 23.9 Å². The van der Waals surface area contributed by atoms with Crippen molar-refractivity contribution in [2.45, 2.75) is 63.7 Å².